The zero-order valence-corrected chi connectivity index (χ0v) is 12.9. The third-order valence-corrected chi connectivity index (χ3v) is 3.56. The predicted molar refractivity (Wildman–Crippen MR) is 87.6 cm³/mol. The second-order valence-electron chi connectivity index (χ2n) is 5.19. The number of carbonyl (C=O) groups excluding carboxylic acids is 1. The third kappa shape index (κ3) is 3.35. The van der Waals surface area contributed by atoms with Crippen LogP contribution in [0.4, 0.5) is 11.6 Å². The smallest absolute Gasteiger partial charge is 0.228 e. The lowest BCUT2D eigenvalue weighted by Gasteiger charge is -2.17. The molecule has 2 aromatic rings. The van der Waals surface area contributed by atoms with Crippen LogP contribution in [-0.4, -0.2) is 48.2 Å². The van der Waals surface area contributed by atoms with E-state index in [1.54, 1.807) is 13.2 Å². The van der Waals surface area contributed by atoms with Crippen molar-refractivity contribution in [3.8, 4) is 5.75 Å². The topological polar surface area (TPSA) is 79.7 Å². The van der Waals surface area contributed by atoms with Crippen molar-refractivity contribution in [3.63, 3.8) is 0 Å². The first kappa shape index (κ1) is 15.1. The molecule has 1 aromatic carbocycles. The summed E-state index contributed by atoms with van der Waals surface area (Å²) in [6.07, 6.45) is 2.55. The minimum Gasteiger partial charge on any atom is -0.497 e. The second kappa shape index (κ2) is 6.53. The average Bonchev–Trinajstić information content (AvgIpc) is 3.01. The van der Waals surface area contributed by atoms with Gasteiger partial charge in [0.05, 0.1) is 25.5 Å². The molecule has 0 radical (unpaired) electrons. The Hall–Kier alpha value is -2.80. The molecule has 0 spiro atoms. The predicted octanol–water partition coefficient (Wildman–Crippen LogP) is 2.06. The Balaban J connectivity index is 1.88. The lowest BCUT2D eigenvalue weighted by Crippen LogP contribution is -2.21. The van der Waals surface area contributed by atoms with Crippen molar-refractivity contribution in [2.24, 2.45) is 4.99 Å². The van der Waals surface area contributed by atoms with Gasteiger partial charge >= 0.3 is 0 Å². The van der Waals surface area contributed by atoms with Gasteiger partial charge in [0.1, 0.15) is 11.4 Å². The van der Waals surface area contributed by atoms with Gasteiger partial charge in [0, 0.05) is 11.9 Å². The van der Waals surface area contributed by atoms with Gasteiger partial charge in [0.15, 0.2) is 6.29 Å². The fraction of sp³-hybridized carbons (Fsp3) is 0.250. The van der Waals surface area contributed by atoms with Crippen molar-refractivity contribution < 1.29 is 9.53 Å². The number of aldehydes is 1. The first-order chi connectivity index (χ1) is 11.2. The zero-order valence-electron chi connectivity index (χ0n) is 12.9. The highest BCUT2D eigenvalue weighted by molar-refractivity contribution is 5.75. The van der Waals surface area contributed by atoms with Crippen molar-refractivity contribution in [2.75, 3.05) is 26.1 Å². The molecule has 1 N–H and O–H groups in total. The summed E-state index contributed by atoms with van der Waals surface area (Å²) in [5.74, 6) is 1.14. The van der Waals surface area contributed by atoms with Gasteiger partial charge in [-0.15, -0.1) is 0 Å². The van der Waals surface area contributed by atoms with Gasteiger partial charge in [0.25, 0.3) is 0 Å². The maximum absolute atomic E-state index is 11.2. The number of ether oxygens (including phenoxy) is 1. The zero-order chi connectivity index (χ0) is 16.2. The standard InChI is InChI=1S/C16H17N5O2/c1-21-10-17-8-15(21)14-7-12(9-22)19-16(20-14)18-11-3-5-13(23-2)6-4-11/h3-9,15H,10H2,1-2H3,(H,18,19,20). The van der Waals surface area contributed by atoms with E-state index in [0.717, 1.165) is 23.4 Å². The summed E-state index contributed by atoms with van der Waals surface area (Å²) in [5, 5.41) is 3.11. The minimum absolute atomic E-state index is 0.0480. The van der Waals surface area contributed by atoms with Crippen molar-refractivity contribution in [3.05, 3.63) is 41.7 Å². The molecule has 1 unspecified atom stereocenters. The van der Waals surface area contributed by atoms with Crippen LogP contribution >= 0.6 is 0 Å². The number of aromatic nitrogens is 2. The molecule has 1 aliphatic heterocycles. The fourth-order valence-corrected chi connectivity index (χ4v) is 2.34. The molecule has 23 heavy (non-hydrogen) atoms. The van der Waals surface area contributed by atoms with E-state index in [2.05, 4.69) is 20.3 Å². The largest absolute Gasteiger partial charge is 0.497 e. The van der Waals surface area contributed by atoms with Gasteiger partial charge in [0.2, 0.25) is 5.95 Å². The Morgan fingerprint density at radius 2 is 2.09 bits per heavy atom. The maximum atomic E-state index is 11.2. The molecular weight excluding hydrogens is 294 g/mol. The summed E-state index contributed by atoms with van der Waals surface area (Å²) in [7, 11) is 3.57. The maximum Gasteiger partial charge on any atom is 0.228 e. The van der Waals surface area contributed by atoms with Crippen molar-refractivity contribution in [2.45, 2.75) is 6.04 Å². The number of anilines is 2. The SMILES string of the molecule is COc1ccc(Nc2nc(C=O)cc(C3C=NCN3C)n2)cc1. The van der Waals surface area contributed by atoms with E-state index in [9.17, 15) is 4.79 Å². The Morgan fingerprint density at radius 3 is 2.70 bits per heavy atom. The molecule has 1 aromatic heterocycles. The molecule has 0 fully saturated rings. The lowest BCUT2D eigenvalue weighted by atomic mass is 10.2. The number of nitrogens with zero attached hydrogens (tertiary/aromatic N) is 4. The van der Waals surface area contributed by atoms with Crippen LogP contribution in [0.3, 0.4) is 0 Å². The van der Waals surface area contributed by atoms with E-state index >= 15 is 0 Å². The minimum atomic E-state index is -0.0480. The lowest BCUT2D eigenvalue weighted by molar-refractivity contribution is 0.111. The van der Waals surface area contributed by atoms with Crippen LogP contribution in [0.2, 0.25) is 0 Å². The monoisotopic (exact) mass is 311 g/mol. The Morgan fingerprint density at radius 1 is 1.30 bits per heavy atom. The number of benzene rings is 1. The van der Waals surface area contributed by atoms with Crippen LogP contribution in [0.1, 0.15) is 22.2 Å². The highest BCUT2D eigenvalue weighted by Gasteiger charge is 2.21. The normalized spacial score (nSPS) is 17.2. The van der Waals surface area contributed by atoms with Crippen LogP contribution in [0.25, 0.3) is 0 Å². The molecule has 0 bridgehead atoms. The molecular formula is C16H17N5O2. The number of hydrogen-bond donors (Lipinski definition) is 1. The fourth-order valence-electron chi connectivity index (χ4n) is 2.34. The number of carbonyl (C=O) groups is 1. The second-order valence-corrected chi connectivity index (χ2v) is 5.19. The molecule has 7 heteroatoms. The van der Waals surface area contributed by atoms with Crippen LogP contribution in [0.15, 0.2) is 35.3 Å². The van der Waals surface area contributed by atoms with Gasteiger partial charge in [-0.3, -0.25) is 14.7 Å². The van der Waals surface area contributed by atoms with E-state index in [1.165, 1.54) is 0 Å². The summed E-state index contributed by atoms with van der Waals surface area (Å²) in [6, 6.07) is 9.03. The van der Waals surface area contributed by atoms with Crippen LogP contribution in [0, 0.1) is 0 Å². The van der Waals surface area contributed by atoms with E-state index in [0.29, 0.717) is 18.3 Å². The first-order valence-electron chi connectivity index (χ1n) is 7.15. The van der Waals surface area contributed by atoms with Gasteiger partial charge in [-0.1, -0.05) is 0 Å². The molecule has 118 valence electrons. The van der Waals surface area contributed by atoms with Crippen LogP contribution < -0.4 is 10.1 Å². The molecule has 0 saturated heterocycles. The summed E-state index contributed by atoms with van der Waals surface area (Å²) in [6.45, 7) is 0.617. The number of hydrogen-bond acceptors (Lipinski definition) is 7. The van der Waals surface area contributed by atoms with Gasteiger partial charge in [-0.2, -0.15) is 0 Å². The highest BCUT2D eigenvalue weighted by atomic mass is 16.5. The van der Waals surface area contributed by atoms with E-state index < -0.39 is 0 Å². The molecule has 7 nitrogen and oxygen atoms in total. The molecule has 1 atom stereocenters. The number of rotatable bonds is 5. The van der Waals surface area contributed by atoms with Crippen molar-refractivity contribution in [1.82, 2.24) is 14.9 Å². The first-order valence-corrected chi connectivity index (χ1v) is 7.15. The number of aliphatic imine (C=N–C) groups is 1. The molecule has 0 saturated carbocycles. The highest BCUT2D eigenvalue weighted by Crippen LogP contribution is 2.23. The van der Waals surface area contributed by atoms with E-state index in [4.69, 9.17) is 4.74 Å². The van der Waals surface area contributed by atoms with E-state index in [1.807, 2.05) is 42.4 Å². The average molecular weight is 311 g/mol. The Labute approximate surface area is 134 Å². The number of nitrogens with one attached hydrogen (secondary N) is 1. The summed E-state index contributed by atoms with van der Waals surface area (Å²) in [4.78, 5) is 26.1. The summed E-state index contributed by atoms with van der Waals surface area (Å²) in [5.41, 5.74) is 1.88. The van der Waals surface area contributed by atoms with Gasteiger partial charge < -0.3 is 10.1 Å². The molecule has 0 aliphatic carbocycles. The van der Waals surface area contributed by atoms with Crippen LogP contribution in [-0.2, 0) is 0 Å². The Bertz CT molecular complexity index is 730. The quantitative estimate of drug-likeness (QED) is 0.851. The summed E-state index contributed by atoms with van der Waals surface area (Å²) < 4.78 is 5.13. The molecule has 1 aliphatic rings. The van der Waals surface area contributed by atoms with Gasteiger partial charge in [-0.25, -0.2) is 9.97 Å². The Kier molecular flexibility index (Phi) is 4.29. The van der Waals surface area contributed by atoms with Crippen molar-refractivity contribution >= 4 is 24.1 Å². The van der Waals surface area contributed by atoms with Crippen LogP contribution in [0.5, 0.6) is 5.75 Å². The van der Waals surface area contributed by atoms with Crippen molar-refractivity contribution in [1.29, 1.82) is 0 Å². The number of methoxy groups -OCH3 is 1. The molecule has 2 heterocycles. The third-order valence-electron chi connectivity index (χ3n) is 3.56. The molecule has 0 amide bonds. The summed E-state index contributed by atoms with van der Waals surface area (Å²) >= 11 is 0. The molecule has 3 rings (SSSR count). The van der Waals surface area contributed by atoms with Gasteiger partial charge in [-0.05, 0) is 37.4 Å². The van der Waals surface area contributed by atoms with E-state index in [-0.39, 0.29) is 6.04 Å².